The van der Waals surface area contributed by atoms with Crippen molar-refractivity contribution in [3.8, 4) is 0 Å². The van der Waals surface area contributed by atoms with E-state index in [1.807, 2.05) is 13.0 Å². The van der Waals surface area contributed by atoms with Crippen molar-refractivity contribution >= 4 is 17.6 Å². The molecule has 5 heteroatoms. The smallest absolute Gasteiger partial charge is 0.335 e. The van der Waals surface area contributed by atoms with Crippen molar-refractivity contribution in [1.82, 2.24) is 0 Å². The van der Waals surface area contributed by atoms with Crippen LogP contribution in [-0.4, -0.2) is 17.0 Å². The van der Waals surface area contributed by atoms with E-state index in [1.165, 1.54) is 12.1 Å². The van der Waals surface area contributed by atoms with E-state index in [0.29, 0.717) is 12.1 Å². The maximum atomic E-state index is 11.8. The van der Waals surface area contributed by atoms with Crippen LogP contribution in [0.5, 0.6) is 0 Å². The lowest BCUT2D eigenvalue weighted by Crippen LogP contribution is -2.13. The van der Waals surface area contributed by atoms with E-state index >= 15 is 0 Å². The molecule has 1 aromatic carbocycles. The van der Waals surface area contributed by atoms with Crippen molar-refractivity contribution in [2.24, 2.45) is 0 Å². The standard InChI is InChI=1S/C15H15NO4/c1-10-4-5-11(15(18)19)9-13(10)16-14(17)7-6-12-3-2-8-20-12/h2-5,8-9H,6-7H2,1H3,(H,16,17)(H,18,19). The van der Waals surface area contributed by atoms with Gasteiger partial charge in [0.15, 0.2) is 0 Å². The zero-order valence-electron chi connectivity index (χ0n) is 11.1. The summed E-state index contributed by atoms with van der Waals surface area (Å²) in [6.07, 6.45) is 2.36. The van der Waals surface area contributed by atoms with E-state index in [-0.39, 0.29) is 17.9 Å². The van der Waals surface area contributed by atoms with E-state index in [0.717, 1.165) is 11.3 Å². The first-order chi connectivity index (χ1) is 9.56. The number of carboxylic acids is 1. The molecule has 1 aromatic heterocycles. The second kappa shape index (κ2) is 6.06. The second-order valence-electron chi connectivity index (χ2n) is 4.46. The average Bonchev–Trinajstić information content (AvgIpc) is 2.92. The lowest BCUT2D eigenvalue weighted by Gasteiger charge is -2.09. The molecule has 2 aromatic rings. The third-order valence-corrected chi connectivity index (χ3v) is 2.94. The Morgan fingerprint density at radius 1 is 1.30 bits per heavy atom. The van der Waals surface area contributed by atoms with E-state index in [4.69, 9.17) is 9.52 Å². The van der Waals surface area contributed by atoms with Gasteiger partial charge in [0, 0.05) is 18.5 Å². The van der Waals surface area contributed by atoms with Crippen molar-refractivity contribution in [3.05, 3.63) is 53.5 Å². The summed E-state index contributed by atoms with van der Waals surface area (Å²) in [6.45, 7) is 1.81. The molecule has 0 aliphatic rings. The number of hydrogen-bond acceptors (Lipinski definition) is 3. The summed E-state index contributed by atoms with van der Waals surface area (Å²) < 4.78 is 5.15. The highest BCUT2D eigenvalue weighted by Crippen LogP contribution is 2.17. The molecule has 0 saturated heterocycles. The van der Waals surface area contributed by atoms with Crippen LogP contribution in [0.2, 0.25) is 0 Å². The van der Waals surface area contributed by atoms with Crippen LogP contribution < -0.4 is 5.32 Å². The minimum absolute atomic E-state index is 0.150. The monoisotopic (exact) mass is 273 g/mol. The zero-order chi connectivity index (χ0) is 14.5. The molecular formula is C15H15NO4. The van der Waals surface area contributed by atoms with Crippen molar-refractivity contribution in [2.45, 2.75) is 19.8 Å². The number of amides is 1. The van der Waals surface area contributed by atoms with Gasteiger partial charge in [0.1, 0.15) is 5.76 Å². The van der Waals surface area contributed by atoms with E-state index in [9.17, 15) is 9.59 Å². The van der Waals surface area contributed by atoms with Crippen LogP contribution in [0.15, 0.2) is 41.0 Å². The molecule has 5 nitrogen and oxygen atoms in total. The molecule has 0 unspecified atom stereocenters. The first-order valence-corrected chi connectivity index (χ1v) is 6.22. The Morgan fingerprint density at radius 2 is 2.10 bits per heavy atom. The molecule has 0 saturated carbocycles. The topological polar surface area (TPSA) is 79.5 Å². The fourth-order valence-corrected chi connectivity index (χ4v) is 1.79. The molecule has 0 spiro atoms. The third-order valence-electron chi connectivity index (χ3n) is 2.94. The molecule has 0 bridgehead atoms. The molecule has 0 atom stereocenters. The summed E-state index contributed by atoms with van der Waals surface area (Å²) in [6, 6.07) is 8.22. The molecule has 0 fully saturated rings. The van der Waals surface area contributed by atoms with Crippen LogP contribution in [0.1, 0.15) is 28.1 Å². The maximum Gasteiger partial charge on any atom is 0.335 e. The van der Waals surface area contributed by atoms with Crippen molar-refractivity contribution in [2.75, 3.05) is 5.32 Å². The Hall–Kier alpha value is -2.56. The normalized spacial score (nSPS) is 10.2. The second-order valence-corrected chi connectivity index (χ2v) is 4.46. The fourth-order valence-electron chi connectivity index (χ4n) is 1.79. The summed E-state index contributed by atoms with van der Waals surface area (Å²) in [5.41, 5.74) is 1.49. The summed E-state index contributed by atoms with van der Waals surface area (Å²) in [5, 5.41) is 11.7. The quantitative estimate of drug-likeness (QED) is 0.877. The first kappa shape index (κ1) is 13.9. The van der Waals surface area contributed by atoms with Gasteiger partial charge in [-0.05, 0) is 36.8 Å². The lowest BCUT2D eigenvalue weighted by molar-refractivity contribution is -0.116. The summed E-state index contributed by atoms with van der Waals surface area (Å²) >= 11 is 0. The number of nitrogens with one attached hydrogen (secondary N) is 1. The SMILES string of the molecule is Cc1ccc(C(=O)O)cc1NC(=O)CCc1ccco1. The Kier molecular flexibility index (Phi) is 4.20. The number of hydrogen-bond donors (Lipinski definition) is 2. The van der Waals surface area contributed by atoms with Crippen molar-refractivity contribution in [1.29, 1.82) is 0 Å². The van der Waals surface area contributed by atoms with Gasteiger partial charge in [-0.2, -0.15) is 0 Å². The third kappa shape index (κ3) is 3.47. The molecule has 0 aliphatic carbocycles. The number of carboxylic acid groups (broad SMARTS) is 1. The van der Waals surface area contributed by atoms with Gasteiger partial charge in [-0.1, -0.05) is 6.07 Å². The van der Waals surface area contributed by atoms with Crippen molar-refractivity contribution < 1.29 is 19.1 Å². The van der Waals surface area contributed by atoms with Crippen LogP contribution >= 0.6 is 0 Å². The molecule has 0 radical (unpaired) electrons. The molecule has 2 N–H and O–H groups in total. The van der Waals surface area contributed by atoms with Crippen LogP contribution in [-0.2, 0) is 11.2 Å². The fraction of sp³-hybridized carbons (Fsp3) is 0.200. The summed E-state index contributed by atoms with van der Waals surface area (Å²) in [5.74, 6) is -0.445. The van der Waals surface area contributed by atoms with Gasteiger partial charge in [-0.15, -0.1) is 0 Å². The average molecular weight is 273 g/mol. The molecule has 0 aliphatic heterocycles. The van der Waals surface area contributed by atoms with Gasteiger partial charge in [0.05, 0.1) is 11.8 Å². The number of anilines is 1. The Bertz CT molecular complexity index is 617. The van der Waals surface area contributed by atoms with E-state index in [1.54, 1.807) is 18.4 Å². The van der Waals surface area contributed by atoms with Gasteiger partial charge in [0.25, 0.3) is 0 Å². The minimum Gasteiger partial charge on any atom is -0.478 e. The number of carbonyl (C=O) groups is 2. The van der Waals surface area contributed by atoms with Crippen LogP contribution in [0.4, 0.5) is 5.69 Å². The largest absolute Gasteiger partial charge is 0.478 e. The lowest BCUT2D eigenvalue weighted by atomic mass is 10.1. The summed E-state index contributed by atoms with van der Waals surface area (Å²) in [4.78, 5) is 22.7. The molecule has 20 heavy (non-hydrogen) atoms. The van der Waals surface area contributed by atoms with Gasteiger partial charge < -0.3 is 14.8 Å². The molecule has 1 heterocycles. The zero-order valence-corrected chi connectivity index (χ0v) is 11.1. The van der Waals surface area contributed by atoms with Gasteiger partial charge in [-0.25, -0.2) is 4.79 Å². The minimum atomic E-state index is -1.02. The van der Waals surface area contributed by atoms with Crippen LogP contribution in [0, 0.1) is 6.92 Å². The highest BCUT2D eigenvalue weighted by molar-refractivity contribution is 5.94. The maximum absolute atomic E-state index is 11.8. The predicted molar refractivity (Wildman–Crippen MR) is 73.8 cm³/mol. The number of carbonyl (C=O) groups excluding carboxylic acids is 1. The Balaban J connectivity index is 2.00. The molecule has 104 valence electrons. The van der Waals surface area contributed by atoms with Crippen molar-refractivity contribution in [3.63, 3.8) is 0 Å². The summed E-state index contributed by atoms with van der Waals surface area (Å²) in [7, 11) is 0. The number of furan rings is 1. The number of benzene rings is 1. The molecule has 2 rings (SSSR count). The predicted octanol–water partition coefficient (Wildman–Crippen LogP) is 2.86. The first-order valence-electron chi connectivity index (χ1n) is 6.22. The van der Waals surface area contributed by atoms with Gasteiger partial charge in [0.2, 0.25) is 5.91 Å². The highest BCUT2D eigenvalue weighted by atomic mass is 16.4. The van der Waals surface area contributed by atoms with Gasteiger partial charge in [-0.3, -0.25) is 4.79 Å². The number of aromatic carboxylic acids is 1. The number of aryl methyl sites for hydroxylation is 2. The van der Waals surface area contributed by atoms with Gasteiger partial charge >= 0.3 is 5.97 Å². The van der Waals surface area contributed by atoms with E-state index < -0.39 is 5.97 Å². The highest BCUT2D eigenvalue weighted by Gasteiger charge is 2.09. The number of rotatable bonds is 5. The van der Waals surface area contributed by atoms with Crippen LogP contribution in [0.25, 0.3) is 0 Å². The molecule has 1 amide bonds. The Labute approximate surface area is 116 Å². The Morgan fingerprint density at radius 3 is 2.75 bits per heavy atom. The van der Waals surface area contributed by atoms with Crippen LogP contribution in [0.3, 0.4) is 0 Å². The molecular weight excluding hydrogens is 258 g/mol. The van der Waals surface area contributed by atoms with E-state index in [2.05, 4.69) is 5.32 Å².